The number of nitrogens with one attached hydrogen (secondary N) is 1. The van der Waals surface area contributed by atoms with Crippen LogP contribution in [-0.2, 0) is 4.79 Å². The summed E-state index contributed by atoms with van der Waals surface area (Å²) in [5.41, 5.74) is 1.63. The zero-order valence-electron chi connectivity index (χ0n) is 20.4. The van der Waals surface area contributed by atoms with E-state index in [9.17, 15) is 24.3 Å². The summed E-state index contributed by atoms with van der Waals surface area (Å²) < 4.78 is 19.9. The first-order valence-corrected chi connectivity index (χ1v) is 12.4. The molecule has 8 nitrogen and oxygen atoms in total. The normalized spacial score (nSPS) is 20.0. The summed E-state index contributed by atoms with van der Waals surface area (Å²) in [6, 6.07) is 15.0. The van der Waals surface area contributed by atoms with Gasteiger partial charge < -0.3 is 14.8 Å². The molecule has 2 saturated carbocycles. The van der Waals surface area contributed by atoms with Crippen LogP contribution in [0.15, 0.2) is 52.9 Å². The third kappa shape index (κ3) is 4.92. The molecule has 2 amide bonds. The third-order valence-electron chi connectivity index (χ3n) is 7.33. The van der Waals surface area contributed by atoms with Crippen molar-refractivity contribution >= 4 is 17.7 Å². The molecule has 2 aliphatic rings. The Morgan fingerprint density at radius 2 is 1.76 bits per heavy atom. The van der Waals surface area contributed by atoms with Crippen molar-refractivity contribution in [2.45, 2.75) is 50.0 Å². The van der Waals surface area contributed by atoms with Gasteiger partial charge in [-0.3, -0.25) is 9.69 Å². The van der Waals surface area contributed by atoms with E-state index in [2.05, 4.69) is 11.4 Å². The molecular formula is C28H27FN4O4. The number of carboxylic acid groups (broad SMARTS) is 1. The molecule has 2 aliphatic carbocycles. The fourth-order valence-electron chi connectivity index (χ4n) is 4.94. The van der Waals surface area contributed by atoms with Crippen LogP contribution in [0.5, 0.6) is 0 Å². The zero-order valence-corrected chi connectivity index (χ0v) is 20.4. The highest BCUT2D eigenvalue weighted by molar-refractivity contribution is 5.86. The first kappa shape index (κ1) is 24.5. The average Bonchev–Trinajstić information content (AvgIpc) is 3.55. The molecule has 0 bridgehead atoms. The molecule has 2 aromatic carbocycles. The zero-order chi connectivity index (χ0) is 26.2. The molecule has 0 radical (unpaired) electrons. The number of carbonyl (C=O) groups is 2. The predicted molar refractivity (Wildman–Crippen MR) is 134 cm³/mol. The van der Waals surface area contributed by atoms with Gasteiger partial charge in [-0.05, 0) is 62.1 Å². The number of nitriles is 1. The lowest BCUT2D eigenvalue weighted by Crippen LogP contribution is -2.42. The van der Waals surface area contributed by atoms with E-state index in [4.69, 9.17) is 9.40 Å². The predicted octanol–water partition coefficient (Wildman–Crippen LogP) is 5.71. The SMILES string of the molecule is CN(C(=O)O)c1ccc(-c2nc(-c3ccc(F)cc3)oc2[C@@H]2CCCC[C@H]2C(=O)NC2(C#N)CC2)cc1. The minimum absolute atomic E-state index is 0.145. The van der Waals surface area contributed by atoms with Crippen molar-refractivity contribution in [2.24, 2.45) is 5.92 Å². The van der Waals surface area contributed by atoms with Gasteiger partial charge in [0.15, 0.2) is 0 Å². The number of carbonyl (C=O) groups excluding carboxylic acids is 1. The van der Waals surface area contributed by atoms with Gasteiger partial charge in [-0.15, -0.1) is 0 Å². The van der Waals surface area contributed by atoms with Crippen LogP contribution in [0.2, 0.25) is 0 Å². The second kappa shape index (κ2) is 9.69. The smallest absolute Gasteiger partial charge is 0.411 e. The van der Waals surface area contributed by atoms with Gasteiger partial charge >= 0.3 is 6.09 Å². The molecule has 2 fully saturated rings. The maximum Gasteiger partial charge on any atom is 0.411 e. The molecule has 0 saturated heterocycles. The van der Waals surface area contributed by atoms with Crippen molar-refractivity contribution in [3.63, 3.8) is 0 Å². The van der Waals surface area contributed by atoms with E-state index >= 15 is 0 Å². The van der Waals surface area contributed by atoms with Crippen LogP contribution in [0.25, 0.3) is 22.7 Å². The molecule has 5 rings (SSSR count). The fourth-order valence-corrected chi connectivity index (χ4v) is 4.94. The summed E-state index contributed by atoms with van der Waals surface area (Å²) in [4.78, 5) is 30.5. The van der Waals surface area contributed by atoms with Crippen LogP contribution < -0.4 is 10.2 Å². The molecule has 37 heavy (non-hydrogen) atoms. The van der Waals surface area contributed by atoms with E-state index < -0.39 is 11.6 Å². The Labute approximate surface area is 213 Å². The Bertz CT molecular complexity index is 1360. The summed E-state index contributed by atoms with van der Waals surface area (Å²) in [7, 11) is 1.46. The number of benzene rings is 2. The van der Waals surface area contributed by atoms with E-state index in [1.165, 1.54) is 19.2 Å². The fraction of sp³-hybridized carbons (Fsp3) is 0.357. The number of hydrogen-bond donors (Lipinski definition) is 2. The summed E-state index contributed by atoms with van der Waals surface area (Å²) >= 11 is 0. The molecule has 2 N–H and O–H groups in total. The molecule has 190 valence electrons. The molecule has 0 spiro atoms. The van der Waals surface area contributed by atoms with Crippen LogP contribution in [0.4, 0.5) is 14.9 Å². The van der Waals surface area contributed by atoms with Crippen molar-refractivity contribution in [3.8, 4) is 28.8 Å². The number of aromatic nitrogens is 1. The third-order valence-corrected chi connectivity index (χ3v) is 7.33. The summed E-state index contributed by atoms with van der Waals surface area (Å²) in [5.74, 6) is -0.249. The standard InChI is InChI=1S/C28H27FN4O4/c1-33(27(35)36)20-12-8-17(9-13-20)23-24(37-26(31-23)18-6-10-19(29)11-7-18)21-4-2-3-5-22(21)25(34)32-28(16-30)14-15-28/h6-13,21-22H,2-5,14-15H2,1H3,(H,32,34)(H,35,36)/t21-,22-/m1/s1. The lowest BCUT2D eigenvalue weighted by atomic mass is 9.76. The van der Waals surface area contributed by atoms with Crippen molar-refractivity contribution in [1.82, 2.24) is 10.3 Å². The minimum Gasteiger partial charge on any atom is -0.465 e. The molecular weight excluding hydrogens is 475 g/mol. The summed E-state index contributed by atoms with van der Waals surface area (Å²) in [5, 5.41) is 21.7. The van der Waals surface area contributed by atoms with Crippen molar-refractivity contribution in [1.29, 1.82) is 5.26 Å². The number of nitrogens with zero attached hydrogens (tertiary/aromatic N) is 3. The molecule has 0 aliphatic heterocycles. The van der Waals surface area contributed by atoms with Crippen molar-refractivity contribution in [3.05, 3.63) is 60.1 Å². The van der Waals surface area contributed by atoms with Crippen molar-refractivity contribution in [2.75, 3.05) is 11.9 Å². The van der Waals surface area contributed by atoms with Crippen LogP contribution >= 0.6 is 0 Å². The Kier molecular flexibility index (Phi) is 6.42. The summed E-state index contributed by atoms with van der Waals surface area (Å²) in [6.07, 6.45) is 3.47. The maximum atomic E-state index is 13.5. The van der Waals surface area contributed by atoms with Crippen LogP contribution in [0.3, 0.4) is 0 Å². The Morgan fingerprint density at radius 3 is 2.38 bits per heavy atom. The number of hydrogen-bond acceptors (Lipinski definition) is 5. The van der Waals surface area contributed by atoms with E-state index in [1.54, 1.807) is 36.4 Å². The highest BCUT2D eigenvalue weighted by Crippen LogP contribution is 2.45. The quantitative estimate of drug-likeness (QED) is 0.446. The highest BCUT2D eigenvalue weighted by atomic mass is 19.1. The van der Waals surface area contributed by atoms with Crippen LogP contribution in [-0.4, -0.2) is 34.7 Å². The molecule has 0 unspecified atom stereocenters. The Balaban J connectivity index is 1.54. The van der Waals surface area contributed by atoms with Gasteiger partial charge in [0.25, 0.3) is 0 Å². The lowest BCUT2D eigenvalue weighted by molar-refractivity contribution is -0.127. The van der Waals surface area contributed by atoms with Gasteiger partial charge in [-0.1, -0.05) is 25.0 Å². The van der Waals surface area contributed by atoms with Crippen molar-refractivity contribution < 1.29 is 23.5 Å². The van der Waals surface area contributed by atoms with Crippen LogP contribution in [0.1, 0.15) is 50.2 Å². The molecule has 1 heterocycles. The minimum atomic E-state index is -1.07. The second-order valence-corrected chi connectivity index (χ2v) is 9.81. The topological polar surface area (TPSA) is 119 Å². The Morgan fingerprint density at radius 1 is 1.11 bits per heavy atom. The number of oxazole rings is 1. The first-order chi connectivity index (χ1) is 17.8. The molecule has 1 aromatic heterocycles. The van der Waals surface area contributed by atoms with E-state index in [1.807, 2.05) is 0 Å². The monoisotopic (exact) mass is 502 g/mol. The number of rotatable bonds is 6. The van der Waals surface area contributed by atoms with E-state index in [0.29, 0.717) is 47.9 Å². The van der Waals surface area contributed by atoms with Gasteiger partial charge in [0.2, 0.25) is 11.8 Å². The van der Waals surface area contributed by atoms with Gasteiger partial charge in [0.1, 0.15) is 22.8 Å². The second-order valence-electron chi connectivity index (χ2n) is 9.81. The largest absolute Gasteiger partial charge is 0.465 e. The summed E-state index contributed by atoms with van der Waals surface area (Å²) in [6.45, 7) is 0. The van der Waals surface area contributed by atoms with Gasteiger partial charge in [-0.2, -0.15) is 5.26 Å². The first-order valence-electron chi connectivity index (χ1n) is 12.4. The van der Waals surface area contributed by atoms with E-state index in [-0.39, 0.29) is 23.6 Å². The van der Waals surface area contributed by atoms with Gasteiger partial charge in [0, 0.05) is 35.7 Å². The van der Waals surface area contributed by atoms with E-state index in [0.717, 1.165) is 29.7 Å². The lowest BCUT2D eigenvalue weighted by Gasteiger charge is -2.30. The molecule has 3 aromatic rings. The number of anilines is 1. The van der Waals surface area contributed by atoms with Crippen LogP contribution in [0, 0.1) is 23.1 Å². The number of halogens is 1. The maximum absolute atomic E-state index is 13.5. The molecule has 9 heteroatoms. The van der Waals surface area contributed by atoms with Gasteiger partial charge in [0.05, 0.1) is 6.07 Å². The number of amides is 2. The highest BCUT2D eigenvalue weighted by Gasteiger charge is 2.47. The average molecular weight is 503 g/mol. The van der Waals surface area contributed by atoms with Gasteiger partial charge in [-0.25, -0.2) is 14.2 Å². The Hall–Kier alpha value is -4.19. The molecule has 2 atom stereocenters.